The second kappa shape index (κ2) is 4.38. The standard InChI is InChI=1S/C15H11BrO3/c1-15(18-11-6-4-5-10(16)9-11)13-8-3-2-7-12(13)14(17)19-15/h2-9H,1H3. The molecule has 0 bridgehead atoms. The predicted molar refractivity (Wildman–Crippen MR) is 74.0 cm³/mol. The second-order valence-corrected chi connectivity index (χ2v) is 5.36. The van der Waals surface area contributed by atoms with Crippen LogP contribution in [0.5, 0.6) is 5.75 Å². The third-order valence-corrected chi connectivity index (χ3v) is 3.53. The summed E-state index contributed by atoms with van der Waals surface area (Å²) in [6.07, 6.45) is 0. The van der Waals surface area contributed by atoms with E-state index in [2.05, 4.69) is 15.9 Å². The molecule has 1 aliphatic rings. The van der Waals surface area contributed by atoms with Gasteiger partial charge in [-0.1, -0.05) is 40.2 Å². The molecule has 1 heterocycles. The van der Waals surface area contributed by atoms with Crippen molar-refractivity contribution in [2.75, 3.05) is 0 Å². The monoisotopic (exact) mass is 318 g/mol. The van der Waals surface area contributed by atoms with E-state index in [0.717, 1.165) is 10.0 Å². The fraction of sp³-hybridized carbons (Fsp3) is 0.133. The third kappa shape index (κ3) is 2.12. The van der Waals surface area contributed by atoms with Gasteiger partial charge in [0.15, 0.2) is 0 Å². The zero-order chi connectivity index (χ0) is 13.5. The molecule has 4 heteroatoms. The first-order valence-corrected chi connectivity index (χ1v) is 6.65. The number of esters is 1. The molecule has 0 saturated carbocycles. The smallest absolute Gasteiger partial charge is 0.342 e. The van der Waals surface area contributed by atoms with E-state index in [9.17, 15) is 4.79 Å². The number of hydrogen-bond donors (Lipinski definition) is 0. The molecule has 1 aliphatic heterocycles. The molecule has 3 nitrogen and oxygen atoms in total. The minimum atomic E-state index is -1.07. The van der Waals surface area contributed by atoms with Crippen molar-refractivity contribution < 1.29 is 14.3 Å². The van der Waals surface area contributed by atoms with E-state index in [1.165, 1.54) is 0 Å². The van der Waals surface area contributed by atoms with Gasteiger partial charge in [-0.15, -0.1) is 0 Å². The van der Waals surface area contributed by atoms with Gasteiger partial charge in [0.05, 0.1) is 11.1 Å². The lowest BCUT2D eigenvalue weighted by Crippen LogP contribution is -2.29. The molecule has 2 aromatic rings. The summed E-state index contributed by atoms with van der Waals surface area (Å²) in [5.74, 6) is -0.788. The van der Waals surface area contributed by atoms with Crippen LogP contribution >= 0.6 is 15.9 Å². The van der Waals surface area contributed by atoms with Crippen molar-refractivity contribution >= 4 is 21.9 Å². The Kier molecular flexibility index (Phi) is 2.82. The van der Waals surface area contributed by atoms with E-state index < -0.39 is 5.79 Å². The van der Waals surface area contributed by atoms with Crippen LogP contribution in [-0.4, -0.2) is 5.97 Å². The van der Waals surface area contributed by atoms with Crippen molar-refractivity contribution in [3.05, 3.63) is 64.1 Å². The number of ether oxygens (including phenoxy) is 2. The van der Waals surface area contributed by atoms with Crippen LogP contribution in [0, 0.1) is 0 Å². The molecule has 96 valence electrons. The summed E-state index contributed by atoms with van der Waals surface area (Å²) in [5, 5.41) is 0. The highest BCUT2D eigenvalue weighted by Gasteiger charge is 2.43. The van der Waals surface area contributed by atoms with Gasteiger partial charge < -0.3 is 9.47 Å². The fourth-order valence-electron chi connectivity index (χ4n) is 2.18. The quantitative estimate of drug-likeness (QED) is 0.788. The Morgan fingerprint density at radius 1 is 1.16 bits per heavy atom. The molecule has 0 saturated heterocycles. The summed E-state index contributed by atoms with van der Waals surface area (Å²) < 4.78 is 12.2. The molecule has 0 N–H and O–H groups in total. The van der Waals surface area contributed by atoms with Crippen LogP contribution in [0.4, 0.5) is 0 Å². The zero-order valence-electron chi connectivity index (χ0n) is 10.2. The molecule has 2 aromatic carbocycles. The summed E-state index contributed by atoms with van der Waals surface area (Å²) in [6.45, 7) is 1.75. The van der Waals surface area contributed by atoms with Crippen molar-refractivity contribution in [1.82, 2.24) is 0 Å². The Balaban J connectivity index is 1.99. The van der Waals surface area contributed by atoms with Crippen LogP contribution in [0.3, 0.4) is 0 Å². The van der Waals surface area contributed by atoms with Gasteiger partial charge in [-0.25, -0.2) is 4.79 Å². The minimum absolute atomic E-state index is 0.354. The van der Waals surface area contributed by atoms with Crippen molar-refractivity contribution in [3.63, 3.8) is 0 Å². The molecule has 3 rings (SSSR count). The van der Waals surface area contributed by atoms with E-state index in [0.29, 0.717) is 11.3 Å². The molecule has 0 spiro atoms. The lowest BCUT2D eigenvalue weighted by Gasteiger charge is -2.25. The summed E-state index contributed by atoms with van der Waals surface area (Å²) in [7, 11) is 0. The molecule has 19 heavy (non-hydrogen) atoms. The summed E-state index contributed by atoms with van der Waals surface area (Å²) in [4.78, 5) is 11.8. The summed E-state index contributed by atoms with van der Waals surface area (Å²) in [6, 6.07) is 14.7. The van der Waals surface area contributed by atoms with Gasteiger partial charge in [-0.3, -0.25) is 0 Å². The Bertz CT molecular complexity index is 653. The molecular formula is C15H11BrO3. The third-order valence-electron chi connectivity index (χ3n) is 3.03. The highest BCUT2D eigenvalue weighted by atomic mass is 79.9. The molecule has 1 unspecified atom stereocenters. The molecule has 0 aliphatic carbocycles. The largest absolute Gasteiger partial charge is 0.448 e. The maximum absolute atomic E-state index is 11.8. The number of halogens is 1. The number of hydrogen-bond acceptors (Lipinski definition) is 3. The van der Waals surface area contributed by atoms with Gasteiger partial charge in [0.1, 0.15) is 5.75 Å². The van der Waals surface area contributed by atoms with Crippen LogP contribution in [0.15, 0.2) is 53.0 Å². The van der Waals surface area contributed by atoms with Crippen LogP contribution in [-0.2, 0) is 10.5 Å². The Labute approximate surface area is 119 Å². The van der Waals surface area contributed by atoms with Crippen molar-refractivity contribution in [2.45, 2.75) is 12.7 Å². The highest BCUT2D eigenvalue weighted by molar-refractivity contribution is 9.10. The van der Waals surface area contributed by atoms with Gasteiger partial charge in [-0.05, 0) is 24.3 Å². The van der Waals surface area contributed by atoms with Crippen LogP contribution in [0.2, 0.25) is 0 Å². The second-order valence-electron chi connectivity index (χ2n) is 4.44. The van der Waals surface area contributed by atoms with Crippen molar-refractivity contribution in [1.29, 1.82) is 0 Å². The zero-order valence-corrected chi connectivity index (χ0v) is 11.8. The van der Waals surface area contributed by atoms with Crippen LogP contribution in [0.25, 0.3) is 0 Å². The lowest BCUT2D eigenvalue weighted by molar-refractivity contribution is -0.126. The minimum Gasteiger partial charge on any atom is -0.448 e. The number of rotatable bonds is 2. The molecule has 0 amide bonds. The number of benzene rings is 2. The van der Waals surface area contributed by atoms with E-state index >= 15 is 0 Å². The van der Waals surface area contributed by atoms with E-state index in [1.54, 1.807) is 13.0 Å². The number of carbonyl (C=O) groups excluding carboxylic acids is 1. The first-order chi connectivity index (χ1) is 9.08. The molecule has 1 atom stereocenters. The normalized spacial score (nSPS) is 20.8. The summed E-state index contributed by atoms with van der Waals surface area (Å²) in [5.41, 5.74) is 1.31. The SMILES string of the molecule is CC1(Oc2cccc(Br)c2)OC(=O)c2ccccc21. The predicted octanol–water partition coefficient (Wildman–Crippen LogP) is 3.87. The number of fused-ring (bicyclic) bond motifs is 1. The molecule has 0 aromatic heterocycles. The lowest BCUT2D eigenvalue weighted by atomic mass is 10.0. The Morgan fingerprint density at radius 3 is 2.74 bits per heavy atom. The van der Waals surface area contributed by atoms with Gasteiger partial charge >= 0.3 is 5.97 Å². The van der Waals surface area contributed by atoms with E-state index in [1.807, 2.05) is 42.5 Å². The average Bonchev–Trinajstić information content (AvgIpc) is 2.62. The van der Waals surface area contributed by atoms with E-state index in [4.69, 9.17) is 9.47 Å². The van der Waals surface area contributed by atoms with Gasteiger partial charge in [0.2, 0.25) is 0 Å². The van der Waals surface area contributed by atoms with Crippen LogP contribution < -0.4 is 4.74 Å². The topological polar surface area (TPSA) is 35.5 Å². The highest BCUT2D eigenvalue weighted by Crippen LogP contribution is 2.38. The average molecular weight is 319 g/mol. The first-order valence-electron chi connectivity index (χ1n) is 5.86. The van der Waals surface area contributed by atoms with E-state index in [-0.39, 0.29) is 5.97 Å². The molecule has 0 fully saturated rings. The first kappa shape index (κ1) is 12.2. The Morgan fingerprint density at radius 2 is 1.95 bits per heavy atom. The van der Waals surface area contributed by atoms with Crippen molar-refractivity contribution in [2.24, 2.45) is 0 Å². The molecular weight excluding hydrogens is 308 g/mol. The maximum Gasteiger partial charge on any atom is 0.342 e. The van der Waals surface area contributed by atoms with Crippen LogP contribution in [0.1, 0.15) is 22.8 Å². The number of cyclic esters (lactones) is 1. The number of carbonyl (C=O) groups is 1. The fourth-order valence-corrected chi connectivity index (χ4v) is 2.55. The summed E-state index contributed by atoms with van der Waals surface area (Å²) >= 11 is 3.38. The molecule has 0 radical (unpaired) electrons. The van der Waals surface area contributed by atoms with Crippen molar-refractivity contribution in [3.8, 4) is 5.75 Å². The van der Waals surface area contributed by atoms with Gasteiger partial charge in [-0.2, -0.15) is 0 Å². The Hall–Kier alpha value is -1.81. The maximum atomic E-state index is 11.8. The van der Waals surface area contributed by atoms with Gasteiger partial charge in [0, 0.05) is 11.4 Å². The van der Waals surface area contributed by atoms with Gasteiger partial charge in [0.25, 0.3) is 5.79 Å².